The lowest BCUT2D eigenvalue weighted by molar-refractivity contribution is -0.143. The zero-order valence-electron chi connectivity index (χ0n) is 9.15. The van der Waals surface area contributed by atoms with Crippen molar-refractivity contribution in [3.8, 4) is 0 Å². The Morgan fingerprint density at radius 2 is 2.31 bits per heavy atom. The Bertz CT molecular complexity index is 329. The van der Waals surface area contributed by atoms with Crippen LogP contribution in [0.1, 0.15) is 18.2 Å². The minimum Gasteiger partial charge on any atom is -0.480 e. The average molecular weight is 223 g/mol. The summed E-state index contributed by atoms with van der Waals surface area (Å²) in [6.07, 6.45) is 2.76. The van der Waals surface area contributed by atoms with Gasteiger partial charge in [-0.2, -0.15) is 0 Å². The molecule has 0 aromatic carbocycles. The summed E-state index contributed by atoms with van der Waals surface area (Å²) in [6.45, 7) is 3.41. The Morgan fingerprint density at radius 1 is 1.44 bits per heavy atom. The highest BCUT2D eigenvalue weighted by Crippen LogP contribution is 2.19. The molecule has 1 aliphatic rings. The van der Waals surface area contributed by atoms with Crippen LogP contribution in [0, 0.1) is 0 Å². The summed E-state index contributed by atoms with van der Waals surface area (Å²) < 4.78 is 0. The summed E-state index contributed by atoms with van der Waals surface area (Å²) in [4.78, 5) is 16.3. The van der Waals surface area contributed by atoms with E-state index in [0.29, 0.717) is 0 Å². The lowest BCUT2D eigenvalue weighted by atomic mass is 10.1. The van der Waals surface area contributed by atoms with E-state index in [-0.39, 0.29) is 0 Å². The second-order valence-electron chi connectivity index (χ2n) is 4.01. The van der Waals surface area contributed by atoms with Crippen LogP contribution < -0.4 is 5.32 Å². The van der Waals surface area contributed by atoms with E-state index in [1.165, 1.54) is 0 Å². The summed E-state index contributed by atoms with van der Waals surface area (Å²) in [5.74, 6) is -0.788. The molecule has 88 valence electrons. The van der Waals surface area contributed by atoms with Gasteiger partial charge in [-0.15, -0.1) is 0 Å². The van der Waals surface area contributed by atoms with Gasteiger partial charge in [-0.3, -0.25) is 9.69 Å². The highest BCUT2D eigenvalue weighted by atomic mass is 16.4. The lowest BCUT2D eigenvalue weighted by Crippen LogP contribution is -2.36. The molecule has 3 N–H and O–H groups in total. The van der Waals surface area contributed by atoms with Crippen molar-refractivity contribution < 1.29 is 9.90 Å². The summed E-state index contributed by atoms with van der Waals surface area (Å²) >= 11 is 0. The minimum atomic E-state index is -0.788. The molecule has 16 heavy (non-hydrogen) atoms. The van der Waals surface area contributed by atoms with Crippen LogP contribution in [-0.2, 0) is 4.79 Å². The molecular formula is C11H17N3O2. The van der Waals surface area contributed by atoms with Crippen molar-refractivity contribution in [2.24, 2.45) is 0 Å². The van der Waals surface area contributed by atoms with Crippen LogP contribution in [0.3, 0.4) is 0 Å². The van der Waals surface area contributed by atoms with Gasteiger partial charge in [-0.25, -0.2) is 0 Å². The number of carboxylic acids is 1. The first-order chi connectivity index (χ1) is 7.79. The molecule has 1 unspecified atom stereocenters. The molecule has 0 saturated carbocycles. The number of hydrogen-bond acceptors (Lipinski definition) is 3. The van der Waals surface area contributed by atoms with Gasteiger partial charge in [0, 0.05) is 31.5 Å². The molecule has 5 nitrogen and oxygen atoms in total. The normalized spacial score (nSPS) is 20.2. The maximum atomic E-state index is 11.3. The molecule has 2 heterocycles. The van der Waals surface area contributed by atoms with Gasteiger partial charge >= 0.3 is 5.97 Å². The number of nitrogens with one attached hydrogen (secondary N) is 2. The number of nitrogens with zero attached hydrogens (tertiary/aromatic N) is 1. The number of carbonyl (C=O) groups is 1. The maximum Gasteiger partial charge on any atom is 0.327 e. The number of H-pyrrole nitrogens is 1. The molecule has 1 aromatic heterocycles. The molecule has 1 aliphatic heterocycles. The Hall–Kier alpha value is -1.33. The first kappa shape index (κ1) is 11.2. The highest BCUT2D eigenvalue weighted by molar-refractivity contribution is 5.74. The predicted octanol–water partition coefficient (Wildman–Crippen LogP) is 0.436. The lowest BCUT2D eigenvalue weighted by Gasteiger charge is -2.26. The zero-order valence-corrected chi connectivity index (χ0v) is 9.15. The van der Waals surface area contributed by atoms with Crippen LogP contribution in [0.4, 0.5) is 0 Å². The van der Waals surface area contributed by atoms with Gasteiger partial charge in [-0.1, -0.05) is 0 Å². The Balaban J connectivity index is 2.15. The van der Waals surface area contributed by atoms with Crippen LogP contribution in [0.5, 0.6) is 0 Å². The van der Waals surface area contributed by atoms with Gasteiger partial charge in [0.05, 0.1) is 0 Å². The topological polar surface area (TPSA) is 68.4 Å². The standard InChI is InChI=1S/C11H17N3O2/c15-11(16)10(9-3-1-5-13-9)14-7-2-4-12-6-8-14/h1,3,5,10,12-13H,2,4,6-8H2,(H,15,16). The third kappa shape index (κ3) is 2.43. The van der Waals surface area contributed by atoms with E-state index in [9.17, 15) is 9.90 Å². The Morgan fingerprint density at radius 3 is 3.00 bits per heavy atom. The molecule has 1 aromatic rings. The fourth-order valence-electron chi connectivity index (χ4n) is 2.13. The summed E-state index contributed by atoms with van der Waals surface area (Å²) in [5, 5.41) is 12.6. The molecule has 0 bridgehead atoms. The highest BCUT2D eigenvalue weighted by Gasteiger charge is 2.28. The molecule has 1 fully saturated rings. The van der Waals surface area contributed by atoms with Gasteiger partial charge in [0.15, 0.2) is 0 Å². The van der Waals surface area contributed by atoms with Gasteiger partial charge in [0.1, 0.15) is 6.04 Å². The third-order valence-corrected chi connectivity index (χ3v) is 2.89. The number of carboxylic acid groups (broad SMARTS) is 1. The van der Waals surface area contributed by atoms with E-state index in [1.807, 2.05) is 17.0 Å². The Kier molecular flexibility index (Phi) is 3.58. The number of aromatic amines is 1. The van der Waals surface area contributed by atoms with Crippen LogP contribution in [-0.4, -0.2) is 47.1 Å². The van der Waals surface area contributed by atoms with Crippen molar-refractivity contribution in [2.45, 2.75) is 12.5 Å². The molecular weight excluding hydrogens is 206 g/mol. The molecule has 1 atom stereocenters. The second-order valence-corrected chi connectivity index (χ2v) is 4.01. The molecule has 5 heteroatoms. The fourth-order valence-corrected chi connectivity index (χ4v) is 2.13. The largest absolute Gasteiger partial charge is 0.480 e. The number of aromatic nitrogens is 1. The van der Waals surface area contributed by atoms with Crippen LogP contribution >= 0.6 is 0 Å². The van der Waals surface area contributed by atoms with Gasteiger partial charge in [0.2, 0.25) is 0 Å². The first-order valence-electron chi connectivity index (χ1n) is 5.60. The van der Waals surface area contributed by atoms with Crippen molar-refractivity contribution in [1.82, 2.24) is 15.2 Å². The van der Waals surface area contributed by atoms with Crippen molar-refractivity contribution in [3.63, 3.8) is 0 Å². The molecule has 0 amide bonds. The SMILES string of the molecule is O=C(O)C(c1ccc[nH]1)N1CCCNCC1. The number of hydrogen-bond donors (Lipinski definition) is 3. The number of aliphatic carboxylic acids is 1. The van der Waals surface area contributed by atoms with Crippen LogP contribution in [0.2, 0.25) is 0 Å². The van der Waals surface area contributed by atoms with Crippen molar-refractivity contribution >= 4 is 5.97 Å². The average Bonchev–Trinajstić information content (AvgIpc) is 2.62. The molecule has 0 spiro atoms. The second kappa shape index (κ2) is 5.14. The van der Waals surface area contributed by atoms with Gasteiger partial charge in [0.25, 0.3) is 0 Å². The minimum absolute atomic E-state index is 0.546. The maximum absolute atomic E-state index is 11.3. The molecule has 0 aliphatic carbocycles. The van der Waals surface area contributed by atoms with Gasteiger partial charge < -0.3 is 15.4 Å². The third-order valence-electron chi connectivity index (χ3n) is 2.89. The van der Waals surface area contributed by atoms with E-state index in [1.54, 1.807) is 6.20 Å². The van der Waals surface area contributed by atoms with E-state index in [2.05, 4.69) is 10.3 Å². The fraction of sp³-hybridized carbons (Fsp3) is 0.545. The van der Waals surface area contributed by atoms with Crippen LogP contribution in [0.25, 0.3) is 0 Å². The smallest absolute Gasteiger partial charge is 0.327 e. The summed E-state index contributed by atoms with van der Waals surface area (Å²) in [7, 11) is 0. The van der Waals surface area contributed by atoms with Crippen molar-refractivity contribution in [1.29, 1.82) is 0 Å². The van der Waals surface area contributed by atoms with Gasteiger partial charge in [-0.05, 0) is 25.1 Å². The van der Waals surface area contributed by atoms with Crippen LogP contribution in [0.15, 0.2) is 18.3 Å². The zero-order chi connectivity index (χ0) is 11.4. The molecule has 1 saturated heterocycles. The summed E-state index contributed by atoms with van der Waals surface area (Å²) in [6, 6.07) is 3.12. The monoisotopic (exact) mass is 223 g/mol. The quantitative estimate of drug-likeness (QED) is 0.695. The van der Waals surface area contributed by atoms with E-state index < -0.39 is 12.0 Å². The molecule has 2 rings (SSSR count). The first-order valence-corrected chi connectivity index (χ1v) is 5.60. The van der Waals surface area contributed by atoms with Crippen molar-refractivity contribution in [3.05, 3.63) is 24.0 Å². The van der Waals surface area contributed by atoms with E-state index >= 15 is 0 Å². The molecule has 0 radical (unpaired) electrons. The number of rotatable bonds is 3. The van der Waals surface area contributed by atoms with E-state index in [4.69, 9.17) is 0 Å². The summed E-state index contributed by atoms with van der Waals surface area (Å²) in [5.41, 5.74) is 0.759. The Labute approximate surface area is 94.5 Å². The predicted molar refractivity (Wildman–Crippen MR) is 60.2 cm³/mol. The van der Waals surface area contributed by atoms with Crippen molar-refractivity contribution in [2.75, 3.05) is 26.2 Å². The van der Waals surface area contributed by atoms with E-state index in [0.717, 1.165) is 38.3 Å².